The normalized spacial score (nSPS) is 13.0. The van der Waals surface area contributed by atoms with E-state index in [0.717, 1.165) is 43.7 Å². The number of aryl methyl sites for hydroxylation is 3. The van der Waals surface area contributed by atoms with Crippen LogP contribution in [-0.2, 0) is 24.3 Å². The molecular formula is C24H26N4O2S2. The fourth-order valence-corrected chi connectivity index (χ4v) is 5.54. The molecule has 2 amide bonds. The van der Waals surface area contributed by atoms with E-state index in [2.05, 4.69) is 15.3 Å². The van der Waals surface area contributed by atoms with Gasteiger partial charge in [0.05, 0.1) is 16.5 Å². The molecule has 166 valence electrons. The van der Waals surface area contributed by atoms with E-state index in [0.29, 0.717) is 25.4 Å². The summed E-state index contributed by atoms with van der Waals surface area (Å²) >= 11 is 2.97. The van der Waals surface area contributed by atoms with Crippen molar-refractivity contribution in [3.8, 4) is 0 Å². The molecule has 1 N–H and O–H groups in total. The van der Waals surface area contributed by atoms with Gasteiger partial charge in [0.1, 0.15) is 4.88 Å². The number of thioether (sulfide) groups is 1. The molecule has 0 unspecified atom stereocenters. The fourth-order valence-electron chi connectivity index (χ4n) is 3.91. The van der Waals surface area contributed by atoms with Crippen molar-refractivity contribution >= 4 is 34.9 Å². The van der Waals surface area contributed by atoms with Gasteiger partial charge in [-0.1, -0.05) is 18.2 Å². The highest BCUT2D eigenvalue weighted by Crippen LogP contribution is 2.27. The van der Waals surface area contributed by atoms with Crippen molar-refractivity contribution in [2.45, 2.75) is 45.2 Å². The predicted molar refractivity (Wildman–Crippen MR) is 128 cm³/mol. The molecular weight excluding hydrogens is 440 g/mol. The number of nitrogens with zero attached hydrogens (tertiary/aromatic N) is 3. The summed E-state index contributed by atoms with van der Waals surface area (Å²) in [5, 5.41) is 3.95. The van der Waals surface area contributed by atoms with E-state index in [4.69, 9.17) is 0 Å². The van der Waals surface area contributed by atoms with Crippen molar-refractivity contribution in [3.63, 3.8) is 0 Å². The lowest BCUT2D eigenvalue weighted by Gasteiger charge is -2.30. The second-order valence-corrected chi connectivity index (χ2v) is 10.1. The monoisotopic (exact) mass is 466 g/mol. The fraction of sp³-hybridized carbons (Fsp3) is 0.333. The van der Waals surface area contributed by atoms with Gasteiger partial charge in [0.15, 0.2) is 0 Å². The van der Waals surface area contributed by atoms with E-state index in [1.165, 1.54) is 28.7 Å². The number of carbonyl (C=O) groups excluding carboxylic acids is 2. The number of thiazole rings is 1. The Morgan fingerprint density at radius 2 is 1.94 bits per heavy atom. The summed E-state index contributed by atoms with van der Waals surface area (Å²) in [6.45, 7) is 7.42. The first-order valence-electron chi connectivity index (χ1n) is 10.6. The molecule has 4 rings (SSSR count). The summed E-state index contributed by atoms with van der Waals surface area (Å²) in [7, 11) is 0. The first kappa shape index (κ1) is 22.5. The smallest absolute Gasteiger partial charge is 0.266 e. The summed E-state index contributed by atoms with van der Waals surface area (Å²) in [6.07, 6.45) is 2.62. The number of hydrogen-bond acceptors (Lipinski definition) is 6. The zero-order valence-electron chi connectivity index (χ0n) is 18.5. The van der Waals surface area contributed by atoms with Crippen LogP contribution in [0.1, 0.15) is 42.8 Å². The maximum absolute atomic E-state index is 13.0. The molecule has 3 aromatic rings. The zero-order chi connectivity index (χ0) is 22.7. The molecule has 32 heavy (non-hydrogen) atoms. The van der Waals surface area contributed by atoms with Crippen LogP contribution in [0.3, 0.4) is 0 Å². The molecule has 0 radical (unpaired) electrons. The van der Waals surface area contributed by atoms with E-state index in [1.807, 2.05) is 62.2 Å². The van der Waals surface area contributed by atoms with Crippen LogP contribution < -0.4 is 5.32 Å². The van der Waals surface area contributed by atoms with E-state index in [9.17, 15) is 9.59 Å². The number of fused-ring (bicyclic) bond motifs is 1. The predicted octanol–water partition coefficient (Wildman–Crippen LogP) is 4.07. The molecule has 8 heteroatoms. The molecule has 0 aliphatic carbocycles. The van der Waals surface area contributed by atoms with Crippen LogP contribution in [-0.4, -0.2) is 39.0 Å². The van der Waals surface area contributed by atoms with Gasteiger partial charge >= 0.3 is 0 Å². The lowest BCUT2D eigenvalue weighted by molar-refractivity contribution is -0.118. The second kappa shape index (κ2) is 9.83. The van der Waals surface area contributed by atoms with Crippen LogP contribution in [0.2, 0.25) is 0 Å². The van der Waals surface area contributed by atoms with Gasteiger partial charge in [-0.05, 0) is 56.0 Å². The molecule has 0 fully saturated rings. The number of hydrogen-bond donors (Lipinski definition) is 1. The van der Waals surface area contributed by atoms with Crippen LogP contribution in [0.4, 0.5) is 0 Å². The summed E-state index contributed by atoms with van der Waals surface area (Å²) < 4.78 is 0. The number of benzene rings is 1. The summed E-state index contributed by atoms with van der Waals surface area (Å²) in [5.41, 5.74) is 5.04. The molecule has 3 heterocycles. The van der Waals surface area contributed by atoms with Crippen LogP contribution >= 0.6 is 23.1 Å². The van der Waals surface area contributed by atoms with Gasteiger partial charge in [-0.25, -0.2) is 4.98 Å². The topological polar surface area (TPSA) is 75.2 Å². The van der Waals surface area contributed by atoms with E-state index in [1.54, 1.807) is 0 Å². The Balaban J connectivity index is 1.41. The van der Waals surface area contributed by atoms with Gasteiger partial charge in [-0.2, -0.15) is 0 Å². The largest absolute Gasteiger partial charge is 0.351 e. The van der Waals surface area contributed by atoms with Crippen LogP contribution in [0.5, 0.6) is 0 Å². The van der Waals surface area contributed by atoms with Crippen molar-refractivity contribution < 1.29 is 9.59 Å². The maximum Gasteiger partial charge on any atom is 0.266 e. The van der Waals surface area contributed by atoms with Gasteiger partial charge in [0.25, 0.3) is 5.91 Å². The highest BCUT2D eigenvalue weighted by Gasteiger charge is 2.27. The minimum Gasteiger partial charge on any atom is -0.351 e. The molecule has 0 bridgehead atoms. The van der Waals surface area contributed by atoms with Gasteiger partial charge in [-0.3, -0.25) is 14.6 Å². The van der Waals surface area contributed by atoms with E-state index in [-0.39, 0.29) is 11.8 Å². The summed E-state index contributed by atoms with van der Waals surface area (Å²) in [6, 6.07) is 9.91. The van der Waals surface area contributed by atoms with E-state index < -0.39 is 0 Å². The molecule has 1 aliphatic rings. The number of pyridine rings is 1. The van der Waals surface area contributed by atoms with Crippen molar-refractivity contribution in [2.75, 3.05) is 12.3 Å². The lowest BCUT2D eigenvalue weighted by Crippen LogP contribution is -2.37. The van der Waals surface area contributed by atoms with Gasteiger partial charge in [0, 0.05) is 36.4 Å². The Morgan fingerprint density at radius 1 is 1.16 bits per heavy atom. The summed E-state index contributed by atoms with van der Waals surface area (Å²) in [5.74, 6) is 0.410. The van der Waals surface area contributed by atoms with Crippen molar-refractivity contribution in [1.29, 1.82) is 0 Å². The van der Waals surface area contributed by atoms with Gasteiger partial charge in [0.2, 0.25) is 5.91 Å². The number of carbonyl (C=O) groups is 2. The lowest BCUT2D eigenvalue weighted by atomic mass is 9.94. The first-order valence-corrected chi connectivity index (χ1v) is 12.4. The van der Waals surface area contributed by atoms with Crippen molar-refractivity contribution in [1.82, 2.24) is 20.2 Å². The number of aromatic nitrogens is 2. The molecule has 2 aromatic heterocycles. The number of rotatable bonds is 6. The molecule has 6 nitrogen and oxygen atoms in total. The molecule has 1 aliphatic heterocycles. The third kappa shape index (κ3) is 5.02. The highest BCUT2D eigenvalue weighted by molar-refractivity contribution is 8.00. The SMILES string of the molecule is Cc1nc(C)c(C(=O)N2CCc3c(cnc(C)c3CNC(=O)CSc3ccccc3)C2)s1. The molecule has 1 aromatic carbocycles. The molecule has 0 spiro atoms. The standard InChI is InChI=1S/C24H26N4O2S2/c1-15-21(12-26-22(29)14-31-19-7-5-4-6-8-19)20-9-10-28(13-18(20)11-25-15)24(30)23-16(2)27-17(3)32-23/h4-8,11H,9-10,12-14H2,1-3H3,(H,26,29). The Bertz CT molecular complexity index is 1140. The Labute approximate surface area is 196 Å². The molecule has 0 saturated heterocycles. The Kier molecular flexibility index (Phi) is 6.91. The summed E-state index contributed by atoms with van der Waals surface area (Å²) in [4.78, 5) is 38.0. The second-order valence-electron chi connectivity index (χ2n) is 7.83. The number of nitrogens with one attached hydrogen (secondary N) is 1. The zero-order valence-corrected chi connectivity index (χ0v) is 20.1. The quantitative estimate of drug-likeness (QED) is 0.554. The molecule has 0 saturated carbocycles. The average molecular weight is 467 g/mol. The maximum atomic E-state index is 13.0. The minimum absolute atomic E-state index is 0.000453. The highest BCUT2D eigenvalue weighted by atomic mass is 32.2. The minimum atomic E-state index is -0.000453. The van der Waals surface area contributed by atoms with Crippen molar-refractivity contribution in [3.05, 3.63) is 74.5 Å². The average Bonchev–Trinajstić information content (AvgIpc) is 3.14. The Morgan fingerprint density at radius 3 is 2.66 bits per heavy atom. The van der Waals surface area contributed by atoms with Crippen LogP contribution in [0, 0.1) is 20.8 Å². The van der Waals surface area contributed by atoms with E-state index >= 15 is 0 Å². The molecule has 0 atom stereocenters. The van der Waals surface area contributed by atoms with Crippen LogP contribution in [0.15, 0.2) is 41.4 Å². The third-order valence-electron chi connectivity index (χ3n) is 5.56. The Hall–Kier alpha value is -2.71. The van der Waals surface area contributed by atoms with Crippen LogP contribution in [0.25, 0.3) is 0 Å². The third-order valence-corrected chi connectivity index (χ3v) is 7.63. The first-order chi connectivity index (χ1) is 15.4. The van der Waals surface area contributed by atoms with Gasteiger partial charge < -0.3 is 10.2 Å². The number of amides is 2. The van der Waals surface area contributed by atoms with Gasteiger partial charge in [-0.15, -0.1) is 23.1 Å². The van der Waals surface area contributed by atoms with Crippen molar-refractivity contribution in [2.24, 2.45) is 0 Å².